The zero-order chi connectivity index (χ0) is 31.5. The summed E-state index contributed by atoms with van der Waals surface area (Å²) in [6, 6.07) is 47.5. The third kappa shape index (κ3) is 4.59. The van der Waals surface area contributed by atoms with Gasteiger partial charge < -0.3 is 9.15 Å². The lowest BCUT2D eigenvalue weighted by atomic mass is 9.84. The van der Waals surface area contributed by atoms with E-state index in [0.717, 1.165) is 61.1 Å². The van der Waals surface area contributed by atoms with Gasteiger partial charge in [-0.2, -0.15) is 0 Å². The quantitative estimate of drug-likeness (QED) is 0.199. The highest BCUT2D eigenvalue weighted by Gasteiger charge is 2.32. The molecule has 5 nitrogen and oxygen atoms in total. The Morgan fingerprint density at radius 2 is 1.09 bits per heavy atom. The van der Waals surface area contributed by atoms with Crippen LogP contribution in [0.3, 0.4) is 0 Å². The first-order valence-corrected chi connectivity index (χ1v) is 15.8. The molecule has 2 aromatic heterocycles. The van der Waals surface area contributed by atoms with Gasteiger partial charge in [-0.3, -0.25) is 0 Å². The molecule has 0 saturated heterocycles. The molecule has 0 atom stereocenters. The van der Waals surface area contributed by atoms with E-state index in [1.54, 1.807) is 0 Å². The number of para-hydroxylation sites is 2. The number of nitrogens with zero attached hydrogens (tertiary/aromatic N) is 3. The largest absolute Gasteiger partial charge is 0.482 e. The van der Waals surface area contributed by atoms with Gasteiger partial charge in [-0.1, -0.05) is 109 Å². The predicted octanol–water partition coefficient (Wildman–Crippen LogP) is 10.7. The highest BCUT2D eigenvalue weighted by Crippen LogP contribution is 2.46. The summed E-state index contributed by atoms with van der Waals surface area (Å²) < 4.78 is 13.0. The number of rotatable bonds is 4. The van der Waals surface area contributed by atoms with Crippen LogP contribution in [0.5, 0.6) is 5.75 Å². The van der Waals surface area contributed by atoms with E-state index >= 15 is 0 Å². The van der Waals surface area contributed by atoms with Crippen LogP contribution < -0.4 is 4.74 Å². The van der Waals surface area contributed by atoms with Crippen molar-refractivity contribution in [1.29, 1.82) is 0 Å². The Balaban J connectivity index is 1.18. The summed E-state index contributed by atoms with van der Waals surface area (Å²) in [4.78, 5) is 14.8. The fourth-order valence-corrected chi connectivity index (χ4v) is 6.65. The smallest absolute Gasteiger partial charge is 0.167 e. The Morgan fingerprint density at radius 1 is 0.468 bits per heavy atom. The first-order valence-electron chi connectivity index (χ1n) is 15.8. The van der Waals surface area contributed by atoms with Crippen molar-refractivity contribution in [3.63, 3.8) is 0 Å². The van der Waals surface area contributed by atoms with Crippen molar-refractivity contribution in [2.75, 3.05) is 0 Å². The minimum atomic E-state index is -0.456. The first kappa shape index (κ1) is 27.3. The van der Waals surface area contributed by atoms with Gasteiger partial charge in [-0.05, 0) is 60.9 Å². The molecule has 0 spiro atoms. The van der Waals surface area contributed by atoms with Crippen LogP contribution in [0.25, 0.3) is 78.4 Å². The molecule has 0 radical (unpaired) electrons. The van der Waals surface area contributed by atoms with Gasteiger partial charge in [-0.15, -0.1) is 0 Å². The van der Waals surface area contributed by atoms with Gasteiger partial charge in [0.15, 0.2) is 17.5 Å². The maximum Gasteiger partial charge on any atom is 0.167 e. The maximum absolute atomic E-state index is 6.56. The molecule has 3 heterocycles. The van der Waals surface area contributed by atoms with Crippen molar-refractivity contribution >= 4 is 21.9 Å². The van der Waals surface area contributed by atoms with Crippen LogP contribution in [0.15, 0.2) is 144 Å². The molecule has 1 aliphatic rings. The number of fused-ring (bicyclic) bond motifs is 6. The molecule has 47 heavy (non-hydrogen) atoms. The summed E-state index contributed by atoms with van der Waals surface area (Å²) in [7, 11) is 0. The molecule has 0 N–H and O–H groups in total. The molecule has 0 saturated carbocycles. The zero-order valence-corrected chi connectivity index (χ0v) is 25.9. The molecule has 0 bridgehead atoms. The van der Waals surface area contributed by atoms with Crippen LogP contribution in [0.2, 0.25) is 0 Å². The lowest BCUT2D eigenvalue weighted by molar-refractivity contribution is 0.106. The lowest BCUT2D eigenvalue weighted by Crippen LogP contribution is -2.29. The minimum Gasteiger partial charge on any atom is -0.482 e. The van der Waals surface area contributed by atoms with Crippen LogP contribution in [0, 0.1) is 0 Å². The highest BCUT2D eigenvalue weighted by molar-refractivity contribution is 6.10. The fourth-order valence-electron chi connectivity index (χ4n) is 6.65. The van der Waals surface area contributed by atoms with Gasteiger partial charge in [0.2, 0.25) is 0 Å². The minimum absolute atomic E-state index is 0.456. The van der Waals surface area contributed by atoms with E-state index in [0.29, 0.717) is 17.5 Å². The Labute approximate surface area is 272 Å². The van der Waals surface area contributed by atoms with Gasteiger partial charge in [0, 0.05) is 33.0 Å². The molecule has 0 aliphatic carbocycles. The number of hydrogen-bond acceptors (Lipinski definition) is 5. The third-order valence-corrected chi connectivity index (χ3v) is 8.98. The summed E-state index contributed by atoms with van der Waals surface area (Å²) in [5, 5.41) is 2.05. The average molecular weight is 608 g/mol. The molecule has 5 heteroatoms. The maximum atomic E-state index is 6.56. The topological polar surface area (TPSA) is 61.0 Å². The summed E-state index contributed by atoms with van der Waals surface area (Å²) >= 11 is 0. The Hall–Kier alpha value is -6.07. The standard InChI is InChI=1S/C42H29N3O2/c1-42(2)35-25-29(20-22-30(35)31-16-9-10-19-37(31)47-42)28-21-23-36-34(24-28)32-17-11-18-33(38(32)46-36)41-44-39(26-12-5-3-6-13-26)43-40(45-41)27-14-7-4-8-15-27/h3-25H,1-2H3. The van der Waals surface area contributed by atoms with E-state index in [4.69, 9.17) is 24.1 Å². The number of benzene rings is 6. The average Bonchev–Trinajstić information content (AvgIpc) is 3.50. The summed E-state index contributed by atoms with van der Waals surface area (Å²) in [6.07, 6.45) is 0. The van der Waals surface area contributed by atoms with Crippen molar-refractivity contribution in [1.82, 2.24) is 15.0 Å². The third-order valence-electron chi connectivity index (χ3n) is 8.98. The molecule has 6 aromatic carbocycles. The number of ether oxygens (including phenoxy) is 1. The molecule has 224 valence electrons. The number of furan rings is 1. The van der Waals surface area contributed by atoms with E-state index in [2.05, 4.69) is 68.4 Å². The van der Waals surface area contributed by atoms with Crippen molar-refractivity contribution < 1.29 is 9.15 Å². The second-order valence-electron chi connectivity index (χ2n) is 12.4. The molecule has 9 rings (SSSR count). The van der Waals surface area contributed by atoms with Gasteiger partial charge >= 0.3 is 0 Å². The van der Waals surface area contributed by atoms with E-state index in [1.165, 1.54) is 11.1 Å². The second-order valence-corrected chi connectivity index (χ2v) is 12.4. The van der Waals surface area contributed by atoms with Crippen LogP contribution in [-0.4, -0.2) is 15.0 Å². The van der Waals surface area contributed by atoms with Crippen LogP contribution >= 0.6 is 0 Å². The Morgan fingerprint density at radius 3 is 1.83 bits per heavy atom. The molecule has 8 aromatic rings. The first-order chi connectivity index (χ1) is 23.0. The summed E-state index contributed by atoms with van der Waals surface area (Å²) in [5.41, 5.74) is 9.54. The zero-order valence-electron chi connectivity index (χ0n) is 25.9. The number of aromatic nitrogens is 3. The molecule has 0 amide bonds. The predicted molar refractivity (Wildman–Crippen MR) is 188 cm³/mol. The van der Waals surface area contributed by atoms with E-state index in [9.17, 15) is 0 Å². The molecule has 0 fully saturated rings. The second kappa shape index (κ2) is 10.5. The van der Waals surface area contributed by atoms with E-state index in [1.807, 2.05) is 84.9 Å². The summed E-state index contributed by atoms with van der Waals surface area (Å²) in [5.74, 6) is 2.73. The van der Waals surface area contributed by atoms with Crippen molar-refractivity contribution in [2.24, 2.45) is 0 Å². The van der Waals surface area contributed by atoms with Gasteiger partial charge in [0.05, 0.1) is 5.56 Å². The van der Waals surface area contributed by atoms with Gasteiger partial charge in [0.1, 0.15) is 22.5 Å². The normalized spacial score (nSPS) is 13.2. The molecular weight excluding hydrogens is 578 g/mol. The van der Waals surface area contributed by atoms with Crippen LogP contribution in [0.4, 0.5) is 0 Å². The van der Waals surface area contributed by atoms with E-state index < -0.39 is 5.60 Å². The van der Waals surface area contributed by atoms with Crippen LogP contribution in [0.1, 0.15) is 19.4 Å². The van der Waals surface area contributed by atoms with Crippen LogP contribution in [-0.2, 0) is 5.60 Å². The van der Waals surface area contributed by atoms with Crippen molar-refractivity contribution in [2.45, 2.75) is 19.4 Å². The Bertz CT molecular complexity index is 2410. The van der Waals surface area contributed by atoms with Gasteiger partial charge in [-0.25, -0.2) is 15.0 Å². The number of hydrogen-bond donors (Lipinski definition) is 0. The van der Waals surface area contributed by atoms with E-state index in [-0.39, 0.29) is 0 Å². The van der Waals surface area contributed by atoms with Gasteiger partial charge in [0.25, 0.3) is 0 Å². The molecule has 1 aliphatic heterocycles. The molecular formula is C42H29N3O2. The molecule has 0 unspecified atom stereocenters. The summed E-state index contributed by atoms with van der Waals surface area (Å²) in [6.45, 7) is 4.26. The van der Waals surface area contributed by atoms with Crippen molar-refractivity contribution in [3.8, 4) is 62.2 Å². The van der Waals surface area contributed by atoms with Crippen molar-refractivity contribution in [3.05, 3.63) is 145 Å². The highest BCUT2D eigenvalue weighted by atomic mass is 16.5. The Kier molecular flexibility index (Phi) is 6.09. The SMILES string of the molecule is CC1(C)Oc2ccccc2-c2ccc(-c3ccc4oc5c(-c6nc(-c7ccccc7)nc(-c7ccccc7)n6)cccc5c4c3)cc21. The lowest BCUT2D eigenvalue weighted by Gasteiger charge is -2.35. The monoisotopic (exact) mass is 607 g/mol. The fraction of sp³-hybridized carbons (Fsp3) is 0.0714.